The molecule has 5 heteroatoms. The second kappa shape index (κ2) is 6.72. The molecule has 0 unspecified atom stereocenters. The van der Waals surface area contributed by atoms with Crippen molar-refractivity contribution >= 4 is 5.91 Å². The lowest BCUT2D eigenvalue weighted by Gasteiger charge is -2.22. The minimum absolute atomic E-state index is 0.0747. The Hall–Kier alpha value is -1.59. The molecule has 1 aliphatic rings. The molecular weight excluding hydrogens is 258 g/mol. The molecule has 0 radical (unpaired) electrons. The Morgan fingerprint density at radius 1 is 1.40 bits per heavy atom. The molecule has 2 atom stereocenters. The predicted molar refractivity (Wildman–Crippen MR) is 74.5 cm³/mol. The van der Waals surface area contributed by atoms with Gasteiger partial charge in [-0.05, 0) is 30.5 Å². The van der Waals surface area contributed by atoms with E-state index in [2.05, 4.69) is 6.92 Å². The summed E-state index contributed by atoms with van der Waals surface area (Å²) in [5.74, 6) is 0.441. The van der Waals surface area contributed by atoms with Crippen LogP contribution in [0.2, 0.25) is 0 Å². The summed E-state index contributed by atoms with van der Waals surface area (Å²) in [5.41, 5.74) is 1.21. The zero-order chi connectivity index (χ0) is 14.5. The molecule has 1 amide bonds. The Morgan fingerprint density at radius 2 is 2.10 bits per heavy atom. The van der Waals surface area contributed by atoms with Crippen molar-refractivity contribution in [3.8, 4) is 5.75 Å². The van der Waals surface area contributed by atoms with Crippen molar-refractivity contribution < 1.29 is 19.7 Å². The number of benzene rings is 1. The van der Waals surface area contributed by atoms with Crippen LogP contribution in [0.3, 0.4) is 0 Å². The highest BCUT2D eigenvalue weighted by Gasteiger charge is 2.33. The van der Waals surface area contributed by atoms with Crippen molar-refractivity contribution in [1.29, 1.82) is 0 Å². The quantitative estimate of drug-likeness (QED) is 0.827. The first-order valence-corrected chi connectivity index (χ1v) is 6.94. The van der Waals surface area contributed by atoms with Gasteiger partial charge in [0, 0.05) is 6.54 Å². The Balaban J connectivity index is 1.88. The number of likely N-dealkylation sites (tertiary alicyclic amines) is 1. The molecule has 1 saturated heterocycles. The van der Waals surface area contributed by atoms with Crippen LogP contribution in [0.25, 0.3) is 0 Å². The maximum absolute atomic E-state index is 12.0. The Bertz CT molecular complexity index is 446. The monoisotopic (exact) mass is 279 g/mol. The highest BCUT2D eigenvalue weighted by atomic mass is 16.5. The van der Waals surface area contributed by atoms with Gasteiger partial charge in [0.15, 0.2) is 6.61 Å². The normalized spacial score (nSPS) is 22.1. The summed E-state index contributed by atoms with van der Waals surface area (Å²) in [4.78, 5) is 13.5. The molecule has 1 aliphatic heterocycles. The minimum Gasteiger partial charge on any atom is -0.484 e. The summed E-state index contributed by atoms with van der Waals surface area (Å²) in [6, 6.07) is 7.32. The number of rotatable bonds is 5. The molecular formula is C15H21NO4. The van der Waals surface area contributed by atoms with Gasteiger partial charge in [0.25, 0.3) is 5.91 Å². The molecule has 0 aliphatic carbocycles. The summed E-state index contributed by atoms with van der Waals surface area (Å²) in [6.07, 6.45) is 0.830. The van der Waals surface area contributed by atoms with Gasteiger partial charge in [-0.15, -0.1) is 0 Å². The van der Waals surface area contributed by atoms with Crippen LogP contribution in [0.1, 0.15) is 18.9 Å². The zero-order valence-corrected chi connectivity index (χ0v) is 11.7. The highest BCUT2D eigenvalue weighted by molar-refractivity contribution is 5.78. The smallest absolute Gasteiger partial charge is 0.260 e. The molecule has 0 saturated carbocycles. The van der Waals surface area contributed by atoms with Crippen molar-refractivity contribution in [1.82, 2.24) is 4.90 Å². The molecule has 1 fully saturated rings. The van der Waals surface area contributed by atoms with Gasteiger partial charge in [0.05, 0.1) is 18.8 Å². The minimum atomic E-state index is -0.556. The number of aliphatic hydroxyl groups is 2. The SMILES string of the molecule is CCc1ccc(OCC(=O)N2C[C@@H](O)C[C@H]2CO)cc1. The maximum Gasteiger partial charge on any atom is 0.260 e. The van der Waals surface area contributed by atoms with E-state index < -0.39 is 6.10 Å². The maximum atomic E-state index is 12.0. The molecule has 2 N–H and O–H groups in total. The molecule has 1 aromatic carbocycles. The van der Waals surface area contributed by atoms with Crippen LogP contribution in [-0.4, -0.2) is 52.9 Å². The highest BCUT2D eigenvalue weighted by Crippen LogP contribution is 2.18. The van der Waals surface area contributed by atoms with E-state index in [0.717, 1.165) is 6.42 Å². The summed E-state index contributed by atoms with van der Waals surface area (Å²) < 4.78 is 5.45. The fourth-order valence-electron chi connectivity index (χ4n) is 2.42. The molecule has 0 aromatic heterocycles. The molecule has 5 nitrogen and oxygen atoms in total. The first-order valence-electron chi connectivity index (χ1n) is 6.94. The van der Waals surface area contributed by atoms with Gasteiger partial charge < -0.3 is 19.8 Å². The van der Waals surface area contributed by atoms with Crippen molar-refractivity contribution in [2.45, 2.75) is 31.9 Å². The topological polar surface area (TPSA) is 70.0 Å². The number of aliphatic hydroxyl groups excluding tert-OH is 2. The number of amides is 1. The molecule has 0 bridgehead atoms. The van der Waals surface area contributed by atoms with E-state index in [-0.39, 0.29) is 31.7 Å². The predicted octanol–water partition coefficient (Wildman–Crippen LogP) is 0.582. The Morgan fingerprint density at radius 3 is 2.70 bits per heavy atom. The fraction of sp³-hybridized carbons (Fsp3) is 0.533. The lowest BCUT2D eigenvalue weighted by atomic mass is 10.2. The molecule has 2 rings (SSSR count). The van der Waals surface area contributed by atoms with Crippen LogP contribution in [0.5, 0.6) is 5.75 Å². The molecule has 0 spiro atoms. The van der Waals surface area contributed by atoms with E-state index in [1.807, 2.05) is 24.3 Å². The van der Waals surface area contributed by atoms with Crippen LogP contribution < -0.4 is 4.74 Å². The third-order valence-electron chi connectivity index (χ3n) is 3.62. The number of hydrogen-bond acceptors (Lipinski definition) is 4. The molecule has 110 valence electrons. The van der Waals surface area contributed by atoms with Gasteiger partial charge in [-0.1, -0.05) is 19.1 Å². The van der Waals surface area contributed by atoms with E-state index in [1.54, 1.807) is 0 Å². The van der Waals surface area contributed by atoms with Gasteiger partial charge in [-0.25, -0.2) is 0 Å². The lowest BCUT2D eigenvalue weighted by Crippen LogP contribution is -2.40. The number of nitrogens with zero attached hydrogens (tertiary/aromatic N) is 1. The number of aryl methyl sites for hydroxylation is 1. The number of carbonyl (C=O) groups is 1. The molecule has 1 aromatic rings. The molecule has 20 heavy (non-hydrogen) atoms. The van der Waals surface area contributed by atoms with Crippen LogP contribution in [0, 0.1) is 0 Å². The second-order valence-electron chi connectivity index (χ2n) is 5.06. The first kappa shape index (κ1) is 14.8. The van der Waals surface area contributed by atoms with Gasteiger partial charge in [0.2, 0.25) is 0 Å². The standard InChI is InChI=1S/C15H21NO4/c1-2-11-3-5-14(6-4-11)20-10-15(19)16-8-13(18)7-12(16)9-17/h3-6,12-13,17-18H,2,7-10H2,1H3/t12-,13-/m0/s1. The van der Waals surface area contributed by atoms with E-state index in [1.165, 1.54) is 10.5 Å². The fourth-order valence-corrected chi connectivity index (χ4v) is 2.42. The van der Waals surface area contributed by atoms with E-state index >= 15 is 0 Å². The van der Waals surface area contributed by atoms with Gasteiger partial charge in [0.1, 0.15) is 5.75 Å². The third-order valence-corrected chi connectivity index (χ3v) is 3.62. The van der Waals surface area contributed by atoms with E-state index in [9.17, 15) is 15.0 Å². The number of hydrogen-bond donors (Lipinski definition) is 2. The number of carbonyl (C=O) groups excluding carboxylic acids is 1. The van der Waals surface area contributed by atoms with Gasteiger partial charge >= 0.3 is 0 Å². The Kier molecular flexibility index (Phi) is 4.98. The van der Waals surface area contributed by atoms with Crippen molar-refractivity contribution in [2.24, 2.45) is 0 Å². The number of ether oxygens (including phenoxy) is 1. The van der Waals surface area contributed by atoms with Crippen molar-refractivity contribution in [2.75, 3.05) is 19.8 Å². The van der Waals surface area contributed by atoms with E-state index in [4.69, 9.17) is 4.74 Å². The largest absolute Gasteiger partial charge is 0.484 e. The lowest BCUT2D eigenvalue weighted by molar-refractivity contribution is -0.135. The van der Waals surface area contributed by atoms with E-state index in [0.29, 0.717) is 12.2 Å². The van der Waals surface area contributed by atoms with Gasteiger partial charge in [-0.3, -0.25) is 4.79 Å². The summed E-state index contributed by atoms with van der Waals surface area (Å²) in [6.45, 7) is 2.14. The summed E-state index contributed by atoms with van der Waals surface area (Å²) >= 11 is 0. The summed E-state index contributed by atoms with van der Waals surface area (Å²) in [5, 5.41) is 18.7. The average molecular weight is 279 g/mol. The summed E-state index contributed by atoms with van der Waals surface area (Å²) in [7, 11) is 0. The van der Waals surface area contributed by atoms with Gasteiger partial charge in [-0.2, -0.15) is 0 Å². The van der Waals surface area contributed by atoms with Crippen LogP contribution in [0.15, 0.2) is 24.3 Å². The van der Waals surface area contributed by atoms with Crippen LogP contribution >= 0.6 is 0 Å². The first-order chi connectivity index (χ1) is 9.63. The van der Waals surface area contributed by atoms with Crippen LogP contribution in [-0.2, 0) is 11.2 Å². The Labute approximate surface area is 118 Å². The molecule has 1 heterocycles. The van der Waals surface area contributed by atoms with Crippen molar-refractivity contribution in [3.63, 3.8) is 0 Å². The average Bonchev–Trinajstić information content (AvgIpc) is 2.86. The van der Waals surface area contributed by atoms with Crippen molar-refractivity contribution in [3.05, 3.63) is 29.8 Å². The zero-order valence-electron chi connectivity index (χ0n) is 11.7. The third kappa shape index (κ3) is 3.49. The number of β-amino-alcohol motifs (C(OH)–C–C–N with tert-alkyl or cyclic N) is 1. The van der Waals surface area contributed by atoms with Crippen LogP contribution in [0.4, 0.5) is 0 Å². The second-order valence-corrected chi connectivity index (χ2v) is 5.06.